The fourth-order valence-corrected chi connectivity index (χ4v) is 1.23. The van der Waals surface area contributed by atoms with Crippen molar-refractivity contribution < 1.29 is 19.4 Å². The van der Waals surface area contributed by atoms with Crippen molar-refractivity contribution in [3.05, 3.63) is 29.8 Å². The van der Waals surface area contributed by atoms with E-state index in [0.717, 1.165) is 5.56 Å². The Bertz CT molecular complexity index is 354. The normalized spacial score (nSPS) is 10.2. The predicted octanol–water partition coefficient (Wildman–Crippen LogP) is 0.671. The largest absolute Gasteiger partial charge is 0.508 e. The van der Waals surface area contributed by atoms with Crippen LogP contribution in [0.15, 0.2) is 24.3 Å². The van der Waals surface area contributed by atoms with Crippen molar-refractivity contribution in [1.82, 2.24) is 5.32 Å². The lowest BCUT2D eigenvalue weighted by atomic mass is 10.2. The lowest BCUT2D eigenvalue weighted by Gasteiger charge is -2.06. The molecule has 1 rings (SSSR count). The summed E-state index contributed by atoms with van der Waals surface area (Å²) in [6, 6.07) is 6.74. The average Bonchev–Trinajstić information content (AvgIpc) is 2.32. The Kier molecular flexibility index (Phi) is 6.06. The summed E-state index contributed by atoms with van der Waals surface area (Å²) in [6.45, 7) is 1.26. The van der Waals surface area contributed by atoms with Gasteiger partial charge in [0.2, 0.25) is 5.91 Å². The molecule has 0 saturated carbocycles. The lowest BCUT2D eigenvalue weighted by molar-refractivity contribution is -0.126. The molecule has 2 N–H and O–H groups in total. The Labute approximate surface area is 100 Å². The van der Waals surface area contributed by atoms with Gasteiger partial charge in [-0.2, -0.15) is 0 Å². The number of ether oxygens (including phenoxy) is 2. The van der Waals surface area contributed by atoms with Gasteiger partial charge in [-0.3, -0.25) is 4.79 Å². The maximum Gasteiger partial charge on any atom is 0.246 e. The van der Waals surface area contributed by atoms with Gasteiger partial charge in [-0.1, -0.05) is 12.1 Å². The number of phenolic OH excluding ortho intramolecular Hbond substituents is 1. The summed E-state index contributed by atoms with van der Waals surface area (Å²) < 4.78 is 9.84. The third kappa shape index (κ3) is 5.89. The Morgan fingerprint density at radius 1 is 1.41 bits per heavy atom. The van der Waals surface area contributed by atoms with Crippen LogP contribution in [0.2, 0.25) is 0 Å². The maximum absolute atomic E-state index is 11.3. The van der Waals surface area contributed by atoms with Crippen molar-refractivity contribution in [1.29, 1.82) is 0 Å². The minimum absolute atomic E-state index is 0.0160. The smallest absolute Gasteiger partial charge is 0.246 e. The Hall–Kier alpha value is -1.59. The number of aromatic hydroxyl groups is 1. The lowest BCUT2D eigenvalue weighted by Crippen LogP contribution is -2.27. The molecule has 5 nitrogen and oxygen atoms in total. The van der Waals surface area contributed by atoms with E-state index in [4.69, 9.17) is 9.47 Å². The highest BCUT2D eigenvalue weighted by Gasteiger charge is 2.01. The van der Waals surface area contributed by atoms with E-state index < -0.39 is 0 Å². The first-order valence-electron chi connectivity index (χ1n) is 5.33. The number of carbonyl (C=O) groups is 1. The van der Waals surface area contributed by atoms with Crippen molar-refractivity contribution in [3.63, 3.8) is 0 Å². The van der Waals surface area contributed by atoms with Crippen molar-refractivity contribution in [2.75, 3.05) is 26.9 Å². The van der Waals surface area contributed by atoms with E-state index in [9.17, 15) is 9.90 Å². The molecule has 1 aromatic rings. The van der Waals surface area contributed by atoms with E-state index in [1.54, 1.807) is 25.3 Å². The van der Waals surface area contributed by atoms with Crippen molar-refractivity contribution in [2.45, 2.75) is 6.54 Å². The van der Waals surface area contributed by atoms with Crippen LogP contribution in [-0.4, -0.2) is 37.9 Å². The van der Waals surface area contributed by atoms with Crippen molar-refractivity contribution >= 4 is 5.91 Å². The molecule has 0 atom stereocenters. The Morgan fingerprint density at radius 2 is 2.24 bits per heavy atom. The zero-order valence-corrected chi connectivity index (χ0v) is 9.81. The zero-order valence-electron chi connectivity index (χ0n) is 9.81. The second-order valence-corrected chi connectivity index (χ2v) is 3.49. The van der Waals surface area contributed by atoms with E-state index in [2.05, 4.69) is 5.32 Å². The van der Waals surface area contributed by atoms with Gasteiger partial charge in [0.1, 0.15) is 12.4 Å². The second kappa shape index (κ2) is 7.65. The summed E-state index contributed by atoms with van der Waals surface area (Å²) in [5.41, 5.74) is 0.843. The van der Waals surface area contributed by atoms with Gasteiger partial charge in [0.05, 0.1) is 13.2 Å². The fourth-order valence-electron chi connectivity index (χ4n) is 1.23. The number of carbonyl (C=O) groups excluding carboxylic acids is 1. The number of rotatable bonds is 7. The second-order valence-electron chi connectivity index (χ2n) is 3.49. The molecule has 0 aliphatic heterocycles. The van der Waals surface area contributed by atoms with Crippen molar-refractivity contribution in [2.24, 2.45) is 0 Å². The van der Waals surface area contributed by atoms with Gasteiger partial charge < -0.3 is 19.9 Å². The molecule has 0 aliphatic carbocycles. The zero-order chi connectivity index (χ0) is 12.5. The third-order valence-corrected chi connectivity index (χ3v) is 2.07. The van der Waals surface area contributed by atoms with Gasteiger partial charge in [-0.15, -0.1) is 0 Å². The van der Waals surface area contributed by atoms with Gasteiger partial charge in [0.15, 0.2) is 0 Å². The minimum atomic E-state index is -0.190. The molecular formula is C12H17NO4. The number of methoxy groups -OCH3 is 1. The topological polar surface area (TPSA) is 67.8 Å². The van der Waals surface area contributed by atoms with Crippen LogP contribution in [0.25, 0.3) is 0 Å². The molecule has 0 fully saturated rings. The van der Waals surface area contributed by atoms with Gasteiger partial charge in [-0.25, -0.2) is 0 Å². The fraction of sp³-hybridized carbons (Fsp3) is 0.417. The molecule has 0 spiro atoms. The van der Waals surface area contributed by atoms with E-state index in [-0.39, 0.29) is 18.3 Å². The molecular weight excluding hydrogens is 222 g/mol. The summed E-state index contributed by atoms with van der Waals surface area (Å²) in [5.74, 6) is -0.00228. The van der Waals surface area contributed by atoms with Gasteiger partial charge in [0.25, 0.3) is 0 Å². The highest BCUT2D eigenvalue weighted by Crippen LogP contribution is 2.10. The van der Waals surface area contributed by atoms with Gasteiger partial charge >= 0.3 is 0 Å². The number of phenols is 1. The van der Waals surface area contributed by atoms with Crippen molar-refractivity contribution in [3.8, 4) is 5.75 Å². The van der Waals surface area contributed by atoms with E-state index in [1.165, 1.54) is 0 Å². The quantitative estimate of drug-likeness (QED) is 0.686. The van der Waals surface area contributed by atoms with E-state index in [0.29, 0.717) is 19.8 Å². The van der Waals surface area contributed by atoms with Crippen LogP contribution >= 0.6 is 0 Å². The Balaban J connectivity index is 2.19. The number of benzene rings is 1. The molecule has 0 saturated heterocycles. The highest BCUT2D eigenvalue weighted by molar-refractivity contribution is 5.77. The van der Waals surface area contributed by atoms with E-state index in [1.807, 2.05) is 6.07 Å². The van der Waals surface area contributed by atoms with Crippen LogP contribution in [0.1, 0.15) is 5.56 Å². The maximum atomic E-state index is 11.3. The van der Waals surface area contributed by atoms with E-state index >= 15 is 0 Å². The first-order chi connectivity index (χ1) is 8.22. The summed E-state index contributed by atoms with van der Waals surface area (Å²) in [6.07, 6.45) is 0. The molecule has 0 heterocycles. The van der Waals surface area contributed by atoms with Crippen LogP contribution in [0.5, 0.6) is 5.75 Å². The number of hydrogen-bond acceptors (Lipinski definition) is 4. The highest BCUT2D eigenvalue weighted by atomic mass is 16.5. The Morgan fingerprint density at radius 3 is 2.94 bits per heavy atom. The monoisotopic (exact) mass is 239 g/mol. The SMILES string of the molecule is COCCOCC(=O)NCc1cccc(O)c1. The molecule has 5 heteroatoms. The molecule has 17 heavy (non-hydrogen) atoms. The first-order valence-corrected chi connectivity index (χ1v) is 5.33. The predicted molar refractivity (Wildman–Crippen MR) is 62.6 cm³/mol. The average molecular weight is 239 g/mol. The summed E-state index contributed by atoms with van der Waals surface area (Å²) in [7, 11) is 1.57. The summed E-state index contributed by atoms with van der Waals surface area (Å²) >= 11 is 0. The third-order valence-electron chi connectivity index (χ3n) is 2.07. The molecule has 0 unspecified atom stereocenters. The van der Waals surface area contributed by atoms with Crippen LogP contribution in [0.4, 0.5) is 0 Å². The number of amides is 1. The molecule has 0 bridgehead atoms. The van der Waals surface area contributed by atoms with Crippen LogP contribution in [0.3, 0.4) is 0 Å². The summed E-state index contributed by atoms with van der Waals surface area (Å²) in [4.78, 5) is 11.3. The van der Waals surface area contributed by atoms with Crippen LogP contribution in [0, 0.1) is 0 Å². The molecule has 0 aromatic heterocycles. The summed E-state index contributed by atoms with van der Waals surface area (Å²) in [5, 5.41) is 11.9. The molecule has 1 aromatic carbocycles. The minimum Gasteiger partial charge on any atom is -0.508 e. The van der Waals surface area contributed by atoms with Crippen LogP contribution in [-0.2, 0) is 20.8 Å². The molecule has 1 amide bonds. The number of nitrogens with one attached hydrogen (secondary N) is 1. The first kappa shape index (κ1) is 13.5. The van der Waals surface area contributed by atoms with Gasteiger partial charge in [-0.05, 0) is 17.7 Å². The number of hydrogen-bond donors (Lipinski definition) is 2. The molecule has 0 radical (unpaired) electrons. The van der Waals surface area contributed by atoms with Gasteiger partial charge in [0, 0.05) is 13.7 Å². The molecule has 94 valence electrons. The molecule has 0 aliphatic rings. The standard InChI is InChI=1S/C12H17NO4/c1-16-5-6-17-9-12(15)13-8-10-3-2-4-11(14)7-10/h2-4,7,14H,5-6,8-9H2,1H3,(H,13,15). The van der Waals surface area contributed by atoms with Crippen LogP contribution < -0.4 is 5.32 Å².